The van der Waals surface area contributed by atoms with Crippen LogP contribution in [0.5, 0.6) is 0 Å². The average molecular weight is 313 g/mol. The van der Waals surface area contributed by atoms with Crippen LogP contribution in [0.3, 0.4) is 0 Å². The highest BCUT2D eigenvalue weighted by Gasteiger charge is 2.37. The summed E-state index contributed by atoms with van der Waals surface area (Å²) < 4.78 is 13.8. The number of benzene rings is 1. The van der Waals surface area contributed by atoms with Gasteiger partial charge >= 0.3 is 0 Å². The zero-order chi connectivity index (χ0) is 12.6. The molecule has 1 aliphatic carbocycles. The largest absolute Gasteiger partial charge is 0.368 e. The lowest BCUT2D eigenvalue weighted by atomic mass is 9.94. The van der Waals surface area contributed by atoms with Crippen molar-refractivity contribution in [3.63, 3.8) is 0 Å². The maximum atomic E-state index is 13.3. The van der Waals surface area contributed by atoms with Gasteiger partial charge in [0, 0.05) is 30.9 Å². The van der Waals surface area contributed by atoms with Gasteiger partial charge in [-0.1, -0.05) is 12.8 Å². The van der Waals surface area contributed by atoms with Gasteiger partial charge in [0.05, 0.1) is 4.47 Å². The van der Waals surface area contributed by atoms with Crippen molar-refractivity contribution in [3.05, 3.63) is 28.5 Å². The van der Waals surface area contributed by atoms with Crippen LogP contribution in [0.1, 0.15) is 25.7 Å². The molecule has 2 nitrogen and oxygen atoms in total. The van der Waals surface area contributed by atoms with Gasteiger partial charge in [-0.15, -0.1) is 0 Å². The zero-order valence-corrected chi connectivity index (χ0v) is 12.0. The molecule has 0 unspecified atom stereocenters. The Morgan fingerprint density at radius 1 is 1.28 bits per heavy atom. The summed E-state index contributed by atoms with van der Waals surface area (Å²) in [5, 5.41) is 3.69. The molecule has 1 N–H and O–H groups in total. The lowest BCUT2D eigenvalue weighted by Crippen LogP contribution is -2.59. The third-order valence-corrected chi connectivity index (χ3v) is 4.81. The molecule has 1 aliphatic heterocycles. The normalized spacial score (nSPS) is 22.7. The van der Waals surface area contributed by atoms with Gasteiger partial charge in [-0.25, -0.2) is 4.39 Å². The fourth-order valence-corrected chi connectivity index (χ4v) is 3.61. The van der Waals surface area contributed by atoms with Gasteiger partial charge in [0.1, 0.15) is 5.82 Å². The Kier molecular flexibility index (Phi) is 3.32. The maximum absolute atomic E-state index is 13.3. The van der Waals surface area contributed by atoms with E-state index in [2.05, 4.69) is 26.1 Å². The monoisotopic (exact) mass is 312 g/mol. The average Bonchev–Trinajstić information content (AvgIpc) is 2.81. The van der Waals surface area contributed by atoms with Crippen molar-refractivity contribution in [2.24, 2.45) is 0 Å². The molecule has 1 aromatic carbocycles. The van der Waals surface area contributed by atoms with Crippen LogP contribution in [0, 0.1) is 5.82 Å². The lowest BCUT2D eigenvalue weighted by molar-refractivity contribution is 0.304. The zero-order valence-electron chi connectivity index (χ0n) is 10.4. The minimum Gasteiger partial charge on any atom is -0.368 e. The SMILES string of the molecule is Fc1ccc(N2CCNC3(CCCC3)C2)cc1Br. The Morgan fingerprint density at radius 3 is 2.78 bits per heavy atom. The van der Waals surface area contributed by atoms with E-state index in [9.17, 15) is 4.39 Å². The summed E-state index contributed by atoms with van der Waals surface area (Å²) in [5.74, 6) is -0.190. The number of nitrogens with one attached hydrogen (secondary N) is 1. The van der Waals surface area contributed by atoms with E-state index in [4.69, 9.17) is 0 Å². The minimum atomic E-state index is -0.190. The standard InChI is InChI=1S/C14H18BrFN2/c15-12-9-11(3-4-13(12)16)18-8-7-17-14(10-18)5-1-2-6-14/h3-4,9,17H,1-2,5-8,10H2. The molecule has 3 rings (SSSR count). The number of piperazine rings is 1. The van der Waals surface area contributed by atoms with Gasteiger partial charge in [0.15, 0.2) is 0 Å². The van der Waals surface area contributed by atoms with E-state index < -0.39 is 0 Å². The molecule has 0 atom stereocenters. The molecule has 1 heterocycles. The van der Waals surface area contributed by atoms with Crippen LogP contribution in [-0.4, -0.2) is 25.2 Å². The van der Waals surface area contributed by atoms with E-state index >= 15 is 0 Å². The molecule has 4 heteroatoms. The summed E-state index contributed by atoms with van der Waals surface area (Å²) in [4.78, 5) is 2.38. The van der Waals surface area contributed by atoms with Gasteiger partial charge in [0.25, 0.3) is 0 Å². The van der Waals surface area contributed by atoms with E-state index in [-0.39, 0.29) is 5.82 Å². The van der Waals surface area contributed by atoms with Gasteiger partial charge in [0.2, 0.25) is 0 Å². The van der Waals surface area contributed by atoms with Crippen LogP contribution in [0.4, 0.5) is 10.1 Å². The van der Waals surface area contributed by atoms with E-state index in [1.54, 1.807) is 6.07 Å². The summed E-state index contributed by atoms with van der Waals surface area (Å²) in [6, 6.07) is 5.32. The second kappa shape index (κ2) is 4.82. The quantitative estimate of drug-likeness (QED) is 0.856. The first-order chi connectivity index (χ1) is 8.69. The highest BCUT2D eigenvalue weighted by Crippen LogP contribution is 2.34. The molecule has 0 bridgehead atoms. The van der Waals surface area contributed by atoms with Crippen molar-refractivity contribution < 1.29 is 4.39 Å². The molecule has 2 aliphatic rings. The highest BCUT2D eigenvalue weighted by molar-refractivity contribution is 9.10. The summed E-state index contributed by atoms with van der Waals surface area (Å²) in [5.41, 5.74) is 1.43. The summed E-state index contributed by atoms with van der Waals surface area (Å²) in [6.45, 7) is 3.07. The number of hydrogen-bond donors (Lipinski definition) is 1. The first-order valence-corrected chi connectivity index (χ1v) is 7.43. The minimum absolute atomic E-state index is 0.190. The van der Waals surface area contributed by atoms with Gasteiger partial charge < -0.3 is 10.2 Å². The summed E-state index contributed by atoms with van der Waals surface area (Å²) in [7, 11) is 0. The molecule has 0 aromatic heterocycles. The molecule has 2 fully saturated rings. The number of nitrogens with zero attached hydrogens (tertiary/aromatic N) is 1. The second-order valence-corrected chi connectivity index (χ2v) is 6.29. The Morgan fingerprint density at radius 2 is 2.06 bits per heavy atom. The Hall–Kier alpha value is -0.610. The van der Waals surface area contributed by atoms with E-state index in [1.807, 2.05) is 12.1 Å². The van der Waals surface area contributed by atoms with E-state index in [0.717, 1.165) is 25.3 Å². The topological polar surface area (TPSA) is 15.3 Å². The third-order valence-electron chi connectivity index (χ3n) is 4.20. The van der Waals surface area contributed by atoms with E-state index in [0.29, 0.717) is 10.0 Å². The predicted octanol–water partition coefficient (Wildman–Crippen LogP) is 3.31. The molecule has 1 saturated carbocycles. The molecular formula is C14H18BrFN2. The summed E-state index contributed by atoms with van der Waals surface area (Å²) in [6.07, 6.45) is 5.19. The number of halogens is 2. The number of anilines is 1. The van der Waals surface area contributed by atoms with Crippen molar-refractivity contribution in [1.82, 2.24) is 5.32 Å². The third kappa shape index (κ3) is 2.28. The van der Waals surface area contributed by atoms with Crippen molar-refractivity contribution in [2.45, 2.75) is 31.2 Å². The van der Waals surface area contributed by atoms with Crippen molar-refractivity contribution in [2.75, 3.05) is 24.5 Å². The molecule has 0 amide bonds. The van der Waals surface area contributed by atoms with Crippen LogP contribution < -0.4 is 10.2 Å². The maximum Gasteiger partial charge on any atom is 0.137 e. The van der Waals surface area contributed by atoms with Crippen molar-refractivity contribution >= 4 is 21.6 Å². The van der Waals surface area contributed by atoms with Crippen LogP contribution >= 0.6 is 15.9 Å². The predicted molar refractivity (Wildman–Crippen MR) is 75.5 cm³/mol. The Balaban J connectivity index is 1.81. The fourth-order valence-electron chi connectivity index (χ4n) is 3.25. The van der Waals surface area contributed by atoms with Crippen molar-refractivity contribution in [1.29, 1.82) is 0 Å². The van der Waals surface area contributed by atoms with Crippen LogP contribution in [0.25, 0.3) is 0 Å². The smallest absolute Gasteiger partial charge is 0.137 e. The van der Waals surface area contributed by atoms with Crippen molar-refractivity contribution in [3.8, 4) is 0 Å². The second-order valence-electron chi connectivity index (χ2n) is 5.43. The molecule has 1 aromatic rings. The fraction of sp³-hybridized carbons (Fsp3) is 0.571. The van der Waals surface area contributed by atoms with Crippen LogP contribution in [0.2, 0.25) is 0 Å². The number of hydrogen-bond acceptors (Lipinski definition) is 2. The highest BCUT2D eigenvalue weighted by atomic mass is 79.9. The first kappa shape index (κ1) is 12.4. The van der Waals surface area contributed by atoms with Gasteiger partial charge in [-0.3, -0.25) is 0 Å². The molecule has 0 radical (unpaired) electrons. The molecule has 18 heavy (non-hydrogen) atoms. The first-order valence-electron chi connectivity index (χ1n) is 6.64. The molecule has 1 saturated heterocycles. The Labute approximate surface area is 116 Å². The van der Waals surface area contributed by atoms with Gasteiger partial charge in [-0.2, -0.15) is 0 Å². The molecular weight excluding hydrogens is 295 g/mol. The van der Waals surface area contributed by atoms with E-state index in [1.165, 1.54) is 25.7 Å². The molecule has 1 spiro atoms. The lowest BCUT2D eigenvalue weighted by Gasteiger charge is -2.42. The van der Waals surface area contributed by atoms with Crippen LogP contribution in [-0.2, 0) is 0 Å². The summed E-state index contributed by atoms with van der Waals surface area (Å²) >= 11 is 3.27. The van der Waals surface area contributed by atoms with Crippen LogP contribution in [0.15, 0.2) is 22.7 Å². The Bertz CT molecular complexity index is 443. The molecule has 98 valence electrons. The van der Waals surface area contributed by atoms with Gasteiger partial charge in [-0.05, 0) is 47.0 Å². The number of rotatable bonds is 1.